The van der Waals surface area contributed by atoms with Crippen LogP contribution in [0.1, 0.15) is 20.9 Å². The Labute approximate surface area is 160 Å². The first-order chi connectivity index (χ1) is 12.6. The van der Waals surface area contributed by atoms with E-state index in [0.29, 0.717) is 0 Å². The summed E-state index contributed by atoms with van der Waals surface area (Å²) in [6.45, 7) is 4.22. The van der Waals surface area contributed by atoms with Gasteiger partial charge in [-0.05, 0) is 72.2 Å². The Morgan fingerprint density at radius 2 is 1.15 bits per heavy atom. The molecule has 0 saturated heterocycles. The molecule has 0 saturated carbocycles. The number of benzene rings is 2. The van der Waals surface area contributed by atoms with Gasteiger partial charge in [-0.1, -0.05) is 36.4 Å². The van der Waals surface area contributed by atoms with Crippen molar-refractivity contribution in [1.82, 2.24) is 0 Å². The predicted octanol–water partition coefficient (Wildman–Crippen LogP) is 7.03. The summed E-state index contributed by atoms with van der Waals surface area (Å²) in [4.78, 5) is 14.6. The zero-order valence-electron chi connectivity index (χ0n) is 14.7. The molecule has 2 aromatic carbocycles. The van der Waals surface area contributed by atoms with Gasteiger partial charge >= 0.3 is 0 Å². The van der Waals surface area contributed by atoms with E-state index in [1.54, 1.807) is 34.8 Å². The molecule has 0 amide bonds. The van der Waals surface area contributed by atoms with Crippen molar-refractivity contribution >= 4 is 60.8 Å². The number of ketones is 1. The van der Waals surface area contributed by atoms with Crippen LogP contribution in [0, 0.1) is 13.8 Å². The maximum Gasteiger partial charge on any atom is 0.178 e. The topological polar surface area (TPSA) is 17.1 Å². The van der Waals surface area contributed by atoms with Crippen LogP contribution >= 0.6 is 22.7 Å². The van der Waals surface area contributed by atoms with Crippen LogP contribution in [0.4, 0.5) is 0 Å². The van der Waals surface area contributed by atoms with Crippen molar-refractivity contribution in [2.24, 2.45) is 0 Å². The number of rotatable bonds is 4. The second-order valence-corrected chi connectivity index (χ2v) is 8.41. The zero-order chi connectivity index (χ0) is 18.1. The van der Waals surface area contributed by atoms with Gasteiger partial charge in [0.1, 0.15) is 0 Å². The number of hydrogen-bond donors (Lipinski definition) is 0. The summed E-state index contributed by atoms with van der Waals surface area (Å²) < 4.78 is 2.52. The van der Waals surface area contributed by atoms with Gasteiger partial charge in [-0.3, -0.25) is 4.79 Å². The molecule has 26 heavy (non-hydrogen) atoms. The van der Waals surface area contributed by atoms with Gasteiger partial charge in [-0.15, -0.1) is 22.7 Å². The van der Waals surface area contributed by atoms with Gasteiger partial charge in [0.15, 0.2) is 5.78 Å². The molecule has 4 rings (SSSR count). The van der Waals surface area contributed by atoms with Crippen molar-refractivity contribution in [1.29, 1.82) is 0 Å². The molecule has 1 nitrogen and oxygen atoms in total. The molecule has 0 atom stereocenters. The number of aryl methyl sites for hydroxylation is 2. The lowest BCUT2D eigenvalue weighted by atomic mass is 10.1. The Morgan fingerprint density at radius 1 is 0.731 bits per heavy atom. The third-order valence-corrected chi connectivity index (χ3v) is 7.04. The average Bonchev–Trinajstić information content (AvgIpc) is 3.16. The molecule has 128 valence electrons. The minimum absolute atomic E-state index is 0.0127. The van der Waals surface area contributed by atoms with E-state index in [9.17, 15) is 4.79 Å². The van der Waals surface area contributed by atoms with E-state index in [1.165, 1.54) is 31.3 Å². The van der Waals surface area contributed by atoms with E-state index in [1.807, 2.05) is 24.3 Å². The summed E-state index contributed by atoms with van der Waals surface area (Å²) in [5, 5.41) is 2.53. The predicted molar refractivity (Wildman–Crippen MR) is 116 cm³/mol. The fourth-order valence-corrected chi connectivity index (χ4v) is 5.30. The Kier molecular flexibility index (Phi) is 4.58. The van der Waals surface area contributed by atoms with Gasteiger partial charge in [0.2, 0.25) is 0 Å². The lowest BCUT2D eigenvalue weighted by Crippen LogP contribution is -1.84. The van der Waals surface area contributed by atoms with Crippen molar-refractivity contribution < 1.29 is 4.79 Å². The number of thiophene rings is 2. The van der Waals surface area contributed by atoms with Crippen molar-refractivity contribution in [2.75, 3.05) is 0 Å². The molecule has 0 N–H and O–H groups in total. The molecule has 0 aliphatic heterocycles. The van der Waals surface area contributed by atoms with Crippen LogP contribution in [0.15, 0.2) is 60.7 Å². The SMILES string of the molecule is Cc1c(C=CC(=O)C=Cc2sc3ccccc3c2C)sc2ccccc12. The van der Waals surface area contributed by atoms with Crippen LogP contribution in [0.2, 0.25) is 0 Å². The van der Waals surface area contributed by atoms with Crippen LogP contribution in [-0.4, -0.2) is 5.78 Å². The number of carbonyl (C=O) groups is 1. The lowest BCUT2D eigenvalue weighted by Gasteiger charge is -1.92. The largest absolute Gasteiger partial charge is 0.290 e. The van der Waals surface area contributed by atoms with Crippen molar-refractivity contribution in [3.05, 3.63) is 81.6 Å². The Balaban J connectivity index is 1.55. The van der Waals surface area contributed by atoms with Crippen LogP contribution in [0.25, 0.3) is 32.3 Å². The first kappa shape index (κ1) is 17.0. The molecule has 0 aliphatic carbocycles. The molecule has 2 aromatic heterocycles. The Morgan fingerprint density at radius 3 is 1.58 bits per heavy atom. The van der Waals surface area contributed by atoms with Crippen molar-refractivity contribution in [3.63, 3.8) is 0 Å². The highest BCUT2D eigenvalue weighted by atomic mass is 32.1. The summed E-state index contributed by atoms with van der Waals surface area (Å²) in [5.74, 6) is 0.0127. The first-order valence-electron chi connectivity index (χ1n) is 8.50. The fraction of sp³-hybridized carbons (Fsp3) is 0.0870. The summed E-state index contributed by atoms with van der Waals surface area (Å²) in [5.41, 5.74) is 2.47. The number of fused-ring (bicyclic) bond motifs is 2. The van der Waals surface area contributed by atoms with E-state index >= 15 is 0 Å². The smallest absolute Gasteiger partial charge is 0.178 e. The highest BCUT2D eigenvalue weighted by Crippen LogP contribution is 2.32. The van der Waals surface area contributed by atoms with E-state index in [0.717, 1.165) is 9.75 Å². The van der Waals surface area contributed by atoms with Gasteiger partial charge in [0.05, 0.1) is 0 Å². The highest BCUT2D eigenvalue weighted by molar-refractivity contribution is 7.20. The normalized spacial score (nSPS) is 12.1. The summed E-state index contributed by atoms with van der Waals surface area (Å²) in [6.07, 6.45) is 7.20. The Bertz CT molecular complexity index is 1080. The van der Waals surface area contributed by atoms with Gasteiger partial charge in [-0.25, -0.2) is 0 Å². The maximum atomic E-state index is 12.3. The first-order valence-corrected chi connectivity index (χ1v) is 10.1. The summed E-state index contributed by atoms with van der Waals surface area (Å²) >= 11 is 3.45. The molecule has 3 heteroatoms. The minimum Gasteiger partial charge on any atom is -0.290 e. The molecule has 0 aliphatic rings. The van der Waals surface area contributed by atoms with Crippen molar-refractivity contribution in [3.8, 4) is 0 Å². The number of hydrogen-bond acceptors (Lipinski definition) is 3. The molecular weight excluding hydrogens is 356 g/mol. The number of carbonyl (C=O) groups excluding carboxylic acids is 1. The van der Waals surface area contributed by atoms with Gasteiger partial charge in [-0.2, -0.15) is 0 Å². The Hall–Kier alpha value is -2.49. The summed E-state index contributed by atoms with van der Waals surface area (Å²) in [7, 11) is 0. The monoisotopic (exact) mass is 374 g/mol. The number of allylic oxidation sites excluding steroid dienone is 2. The second kappa shape index (κ2) is 7.02. The fourth-order valence-electron chi connectivity index (χ4n) is 3.08. The summed E-state index contributed by atoms with van der Waals surface area (Å²) in [6, 6.07) is 16.7. The van der Waals surface area contributed by atoms with E-state index in [4.69, 9.17) is 0 Å². The second-order valence-electron chi connectivity index (χ2n) is 6.24. The van der Waals surface area contributed by atoms with Gasteiger partial charge < -0.3 is 0 Å². The van der Waals surface area contributed by atoms with Crippen LogP contribution in [-0.2, 0) is 4.79 Å². The minimum atomic E-state index is 0.0127. The molecule has 2 heterocycles. The van der Waals surface area contributed by atoms with Gasteiger partial charge in [0, 0.05) is 19.2 Å². The van der Waals surface area contributed by atoms with Crippen LogP contribution < -0.4 is 0 Å². The quantitative estimate of drug-likeness (QED) is 0.350. The zero-order valence-corrected chi connectivity index (χ0v) is 16.3. The average molecular weight is 375 g/mol. The van der Waals surface area contributed by atoms with Gasteiger partial charge in [0.25, 0.3) is 0 Å². The van der Waals surface area contributed by atoms with E-state index in [-0.39, 0.29) is 5.78 Å². The maximum absolute atomic E-state index is 12.3. The molecule has 0 bridgehead atoms. The van der Waals surface area contributed by atoms with Crippen LogP contribution in [0.5, 0.6) is 0 Å². The third kappa shape index (κ3) is 3.16. The molecule has 0 spiro atoms. The standard InChI is InChI=1S/C23H18OS2/c1-15-18-7-3-5-9-22(18)25-20(15)13-11-17(24)12-14-21-16(2)19-8-4-6-10-23(19)26-21/h3-14H,1-2H3. The molecular formula is C23H18OS2. The third-order valence-electron chi connectivity index (χ3n) is 4.56. The highest BCUT2D eigenvalue weighted by Gasteiger charge is 2.06. The van der Waals surface area contributed by atoms with Crippen molar-refractivity contribution in [2.45, 2.75) is 13.8 Å². The molecule has 4 aromatic rings. The molecule has 0 radical (unpaired) electrons. The molecule has 0 fully saturated rings. The van der Waals surface area contributed by atoms with E-state index in [2.05, 4.69) is 50.2 Å². The lowest BCUT2D eigenvalue weighted by molar-refractivity contribution is -0.110. The van der Waals surface area contributed by atoms with Crippen LogP contribution in [0.3, 0.4) is 0 Å². The van der Waals surface area contributed by atoms with E-state index < -0.39 is 0 Å². The molecule has 0 unspecified atom stereocenters.